The molecule has 1 aromatic heterocycles. The van der Waals surface area contributed by atoms with Crippen molar-refractivity contribution in [3.05, 3.63) is 16.5 Å². The number of carbonyl (C=O) groups is 1. The van der Waals surface area contributed by atoms with Crippen molar-refractivity contribution in [1.82, 2.24) is 0 Å². The van der Waals surface area contributed by atoms with Gasteiger partial charge in [-0.15, -0.1) is 11.3 Å². The summed E-state index contributed by atoms with van der Waals surface area (Å²) in [6, 6.07) is 1.96. The summed E-state index contributed by atoms with van der Waals surface area (Å²) >= 11 is 1.50. The van der Waals surface area contributed by atoms with Crippen molar-refractivity contribution in [3.8, 4) is 0 Å². The molecule has 0 aromatic carbocycles. The van der Waals surface area contributed by atoms with Gasteiger partial charge < -0.3 is 10.4 Å². The first-order valence-electron chi connectivity index (χ1n) is 3.62. The molecule has 3 nitrogen and oxygen atoms in total. The van der Waals surface area contributed by atoms with Crippen LogP contribution >= 0.6 is 11.3 Å². The van der Waals surface area contributed by atoms with Crippen LogP contribution < -0.4 is 5.32 Å². The van der Waals surface area contributed by atoms with E-state index in [-0.39, 0.29) is 6.42 Å². The van der Waals surface area contributed by atoms with Gasteiger partial charge in [-0.1, -0.05) is 0 Å². The second kappa shape index (κ2) is 3.58. The zero-order valence-electron chi connectivity index (χ0n) is 7.05. The first-order valence-corrected chi connectivity index (χ1v) is 4.44. The normalized spacial score (nSPS) is 9.83. The molecule has 66 valence electrons. The van der Waals surface area contributed by atoms with Gasteiger partial charge in [0.2, 0.25) is 0 Å². The molecule has 2 N–H and O–H groups in total. The van der Waals surface area contributed by atoms with Gasteiger partial charge in [-0.3, -0.25) is 4.79 Å². The molecule has 0 aliphatic rings. The zero-order valence-corrected chi connectivity index (χ0v) is 7.86. The summed E-state index contributed by atoms with van der Waals surface area (Å²) in [4.78, 5) is 11.3. The number of carboxylic acids is 1. The monoisotopic (exact) mass is 185 g/mol. The largest absolute Gasteiger partial charge is 0.481 e. The molecule has 0 spiro atoms. The van der Waals surface area contributed by atoms with E-state index in [9.17, 15) is 4.79 Å². The number of aliphatic carboxylic acids is 1. The van der Waals surface area contributed by atoms with Crippen LogP contribution in [0, 0.1) is 6.92 Å². The molecule has 0 aliphatic heterocycles. The van der Waals surface area contributed by atoms with E-state index in [0.29, 0.717) is 0 Å². The Morgan fingerprint density at radius 3 is 2.83 bits per heavy atom. The summed E-state index contributed by atoms with van der Waals surface area (Å²) in [5.41, 5.74) is 1.05. The fourth-order valence-electron chi connectivity index (χ4n) is 0.956. The number of aryl methyl sites for hydroxylation is 1. The van der Waals surface area contributed by atoms with Crippen molar-refractivity contribution < 1.29 is 9.90 Å². The molecular weight excluding hydrogens is 174 g/mol. The van der Waals surface area contributed by atoms with Crippen molar-refractivity contribution in [2.45, 2.75) is 13.3 Å². The Bertz CT molecular complexity index is 293. The predicted octanol–water partition coefficient (Wildman–Crippen LogP) is 1.73. The highest BCUT2D eigenvalue weighted by Crippen LogP contribution is 2.26. The SMILES string of the molecule is CNc1cc(C)c(CC(=O)O)s1. The lowest BCUT2D eigenvalue weighted by molar-refractivity contribution is -0.136. The average molecular weight is 185 g/mol. The lowest BCUT2D eigenvalue weighted by atomic mass is 10.2. The highest BCUT2D eigenvalue weighted by atomic mass is 32.1. The third-order valence-corrected chi connectivity index (χ3v) is 2.83. The minimum absolute atomic E-state index is 0.123. The van der Waals surface area contributed by atoms with Gasteiger partial charge in [-0.05, 0) is 18.6 Å². The van der Waals surface area contributed by atoms with Crippen LogP contribution in [0.1, 0.15) is 10.4 Å². The van der Waals surface area contributed by atoms with E-state index in [1.54, 1.807) is 0 Å². The molecule has 4 heteroatoms. The van der Waals surface area contributed by atoms with Crippen LogP contribution in [0.15, 0.2) is 6.07 Å². The molecule has 0 aliphatic carbocycles. The van der Waals surface area contributed by atoms with Gasteiger partial charge in [0, 0.05) is 11.9 Å². The van der Waals surface area contributed by atoms with Gasteiger partial charge in [0.05, 0.1) is 11.4 Å². The van der Waals surface area contributed by atoms with Gasteiger partial charge in [-0.2, -0.15) is 0 Å². The topological polar surface area (TPSA) is 49.3 Å². The van der Waals surface area contributed by atoms with Crippen LogP contribution in [0.4, 0.5) is 5.00 Å². The number of hydrogen-bond acceptors (Lipinski definition) is 3. The molecule has 1 heterocycles. The first kappa shape index (κ1) is 9.06. The standard InChI is InChI=1S/C8H11NO2S/c1-5-3-7(9-2)12-6(5)4-8(10)11/h3,9H,4H2,1-2H3,(H,10,11). The van der Waals surface area contributed by atoms with E-state index in [4.69, 9.17) is 5.11 Å². The molecule has 0 bridgehead atoms. The lowest BCUT2D eigenvalue weighted by Crippen LogP contribution is -1.98. The van der Waals surface area contributed by atoms with Crippen molar-refractivity contribution in [3.63, 3.8) is 0 Å². The van der Waals surface area contributed by atoms with E-state index < -0.39 is 5.97 Å². The van der Waals surface area contributed by atoms with Crippen molar-refractivity contribution in [1.29, 1.82) is 0 Å². The summed E-state index contributed by atoms with van der Waals surface area (Å²) in [6.45, 7) is 1.93. The number of carboxylic acid groups (broad SMARTS) is 1. The Hall–Kier alpha value is -1.03. The molecule has 0 saturated carbocycles. The van der Waals surface area contributed by atoms with E-state index in [1.165, 1.54) is 11.3 Å². The van der Waals surface area contributed by atoms with E-state index >= 15 is 0 Å². The third kappa shape index (κ3) is 1.98. The van der Waals surface area contributed by atoms with E-state index in [1.807, 2.05) is 20.0 Å². The highest BCUT2D eigenvalue weighted by Gasteiger charge is 2.07. The fraction of sp³-hybridized carbons (Fsp3) is 0.375. The van der Waals surface area contributed by atoms with Crippen LogP contribution in [0.3, 0.4) is 0 Å². The number of rotatable bonds is 3. The molecule has 0 fully saturated rings. The second-order valence-corrected chi connectivity index (χ2v) is 3.67. The minimum Gasteiger partial charge on any atom is -0.481 e. The van der Waals surface area contributed by atoms with Crippen LogP contribution in [0.5, 0.6) is 0 Å². The molecule has 1 rings (SSSR count). The maximum atomic E-state index is 10.4. The van der Waals surface area contributed by atoms with Gasteiger partial charge in [-0.25, -0.2) is 0 Å². The van der Waals surface area contributed by atoms with Crippen molar-refractivity contribution in [2.24, 2.45) is 0 Å². The molecule has 0 unspecified atom stereocenters. The lowest BCUT2D eigenvalue weighted by Gasteiger charge is -1.91. The van der Waals surface area contributed by atoms with Crippen LogP contribution in [0.2, 0.25) is 0 Å². The average Bonchev–Trinajstić information content (AvgIpc) is 2.31. The van der Waals surface area contributed by atoms with Crippen molar-refractivity contribution >= 4 is 22.3 Å². The van der Waals surface area contributed by atoms with E-state index in [0.717, 1.165) is 15.4 Å². The Kier molecular flexibility index (Phi) is 2.70. The molecule has 0 radical (unpaired) electrons. The maximum Gasteiger partial charge on any atom is 0.308 e. The summed E-state index contributed by atoms with van der Waals surface area (Å²) in [6.07, 6.45) is 0.123. The third-order valence-electron chi connectivity index (χ3n) is 1.58. The quantitative estimate of drug-likeness (QED) is 0.754. The Morgan fingerprint density at radius 2 is 2.42 bits per heavy atom. The second-order valence-electron chi connectivity index (χ2n) is 2.54. The zero-order chi connectivity index (χ0) is 9.14. The highest BCUT2D eigenvalue weighted by molar-refractivity contribution is 7.16. The summed E-state index contributed by atoms with van der Waals surface area (Å²) < 4.78 is 0. The molecule has 0 saturated heterocycles. The molecule has 12 heavy (non-hydrogen) atoms. The van der Waals surface area contributed by atoms with Gasteiger partial charge in [0.25, 0.3) is 0 Å². The predicted molar refractivity (Wildman–Crippen MR) is 49.9 cm³/mol. The Labute approximate surface area is 75.0 Å². The van der Waals surface area contributed by atoms with Crippen molar-refractivity contribution in [2.75, 3.05) is 12.4 Å². The summed E-state index contributed by atoms with van der Waals surface area (Å²) in [7, 11) is 1.83. The minimum atomic E-state index is -0.775. The van der Waals surface area contributed by atoms with Crippen LogP contribution in [-0.2, 0) is 11.2 Å². The number of nitrogens with one attached hydrogen (secondary N) is 1. The van der Waals surface area contributed by atoms with E-state index in [2.05, 4.69) is 5.32 Å². The van der Waals surface area contributed by atoms with Gasteiger partial charge in [0.1, 0.15) is 0 Å². The summed E-state index contributed by atoms with van der Waals surface area (Å²) in [5, 5.41) is 12.6. The molecule has 0 atom stereocenters. The smallest absolute Gasteiger partial charge is 0.308 e. The Morgan fingerprint density at radius 1 is 1.75 bits per heavy atom. The number of anilines is 1. The fourth-order valence-corrected chi connectivity index (χ4v) is 1.97. The first-order chi connectivity index (χ1) is 5.63. The number of hydrogen-bond donors (Lipinski definition) is 2. The van der Waals surface area contributed by atoms with Crippen LogP contribution in [0.25, 0.3) is 0 Å². The maximum absolute atomic E-state index is 10.4. The van der Waals surface area contributed by atoms with Gasteiger partial charge in [0.15, 0.2) is 0 Å². The molecule has 1 aromatic rings. The molecule has 0 amide bonds. The summed E-state index contributed by atoms with van der Waals surface area (Å²) in [5.74, 6) is -0.775. The van der Waals surface area contributed by atoms with Crippen LogP contribution in [-0.4, -0.2) is 18.1 Å². The molecular formula is C8H11NO2S. The Balaban J connectivity index is 2.84. The number of thiophene rings is 1. The van der Waals surface area contributed by atoms with Gasteiger partial charge >= 0.3 is 5.97 Å².